The molecule has 0 aliphatic rings. The van der Waals surface area contributed by atoms with Crippen LogP contribution in [0.3, 0.4) is 0 Å². The SMILES string of the molecule is CC(O)c1nc(-c2cnc(N(C)C)cn2)n(-c2ccnc3cccnc23)n1. The lowest BCUT2D eigenvalue weighted by Crippen LogP contribution is -2.11. The fourth-order valence-electron chi connectivity index (χ4n) is 2.64. The minimum Gasteiger partial charge on any atom is -0.385 e. The van der Waals surface area contributed by atoms with E-state index in [9.17, 15) is 5.11 Å². The Labute approximate surface area is 155 Å². The molecule has 1 N–H and O–H groups in total. The van der Waals surface area contributed by atoms with E-state index < -0.39 is 6.10 Å². The highest BCUT2D eigenvalue weighted by Gasteiger charge is 2.20. The Morgan fingerprint density at radius 1 is 1.04 bits per heavy atom. The molecule has 0 saturated heterocycles. The predicted molar refractivity (Wildman–Crippen MR) is 100 cm³/mol. The first-order valence-corrected chi connectivity index (χ1v) is 8.39. The third-order valence-electron chi connectivity index (χ3n) is 4.03. The van der Waals surface area contributed by atoms with Crippen molar-refractivity contribution in [3.63, 3.8) is 0 Å². The molecule has 1 atom stereocenters. The summed E-state index contributed by atoms with van der Waals surface area (Å²) in [5.74, 6) is 1.50. The Bertz CT molecular complexity index is 1080. The molecule has 0 aliphatic carbocycles. The molecule has 0 aromatic carbocycles. The van der Waals surface area contributed by atoms with Crippen molar-refractivity contribution >= 4 is 16.9 Å². The zero-order chi connectivity index (χ0) is 19.0. The quantitative estimate of drug-likeness (QED) is 0.586. The second-order valence-corrected chi connectivity index (χ2v) is 6.24. The zero-order valence-corrected chi connectivity index (χ0v) is 15.1. The number of rotatable bonds is 4. The second kappa shape index (κ2) is 6.69. The van der Waals surface area contributed by atoms with E-state index >= 15 is 0 Å². The summed E-state index contributed by atoms with van der Waals surface area (Å²) in [6.07, 6.45) is 5.87. The van der Waals surface area contributed by atoms with Crippen LogP contribution in [-0.4, -0.2) is 53.9 Å². The zero-order valence-electron chi connectivity index (χ0n) is 15.1. The molecule has 4 rings (SSSR count). The summed E-state index contributed by atoms with van der Waals surface area (Å²) in [5.41, 5.74) is 2.67. The molecule has 0 aliphatic heterocycles. The Kier molecular flexibility index (Phi) is 4.21. The van der Waals surface area contributed by atoms with Gasteiger partial charge in [-0.05, 0) is 25.1 Å². The second-order valence-electron chi connectivity index (χ2n) is 6.24. The molecular weight excluding hydrogens is 344 g/mol. The maximum atomic E-state index is 9.98. The molecular formula is C18H18N8O. The molecule has 4 heterocycles. The number of nitrogens with zero attached hydrogens (tertiary/aromatic N) is 8. The van der Waals surface area contributed by atoms with Crippen molar-refractivity contribution in [3.8, 4) is 17.2 Å². The standard InChI is InChI=1S/C18H18N8O/c1-11(27)17-23-18(13-9-22-15(10-21-13)25(2)3)26(24-17)14-6-8-19-12-5-4-7-20-16(12)14/h4-11,27H,1-3H3. The summed E-state index contributed by atoms with van der Waals surface area (Å²) in [5, 5.41) is 14.5. The molecule has 0 radical (unpaired) electrons. The summed E-state index contributed by atoms with van der Waals surface area (Å²) in [4.78, 5) is 24.0. The number of aliphatic hydroxyl groups excluding tert-OH is 1. The highest BCUT2D eigenvalue weighted by atomic mass is 16.3. The number of hydrogen-bond donors (Lipinski definition) is 1. The van der Waals surface area contributed by atoms with Crippen LogP contribution in [0.5, 0.6) is 0 Å². The normalized spacial score (nSPS) is 12.3. The Morgan fingerprint density at radius 2 is 1.89 bits per heavy atom. The van der Waals surface area contributed by atoms with Gasteiger partial charge in [0.15, 0.2) is 11.6 Å². The molecule has 9 heteroatoms. The van der Waals surface area contributed by atoms with Gasteiger partial charge in [0, 0.05) is 26.5 Å². The van der Waals surface area contributed by atoms with Crippen LogP contribution in [0.15, 0.2) is 43.0 Å². The van der Waals surface area contributed by atoms with Crippen molar-refractivity contribution in [3.05, 3.63) is 48.8 Å². The average Bonchev–Trinajstić information content (AvgIpc) is 3.13. The van der Waals surface area contributed by atoms with E-state index in [-0.39, 0.29) is 0 Å². The van der Waals surface area contributed by atoms with E-state index in [1.807, 2.05) is 31.1 Å². The summed E-state index contributed by atoms with van der Waals surface area (Å²) in [6, 6.07) is 5.51. The lowest BCUT2D eigenvalue weighted by atomic mass is 10.3. The van der Waals surface area contributed by atoms with Crippen molar-refractivity contribution in [1.29, 1.82) is 0 Å². The number of aromatic nitrogens is 7. The van der Waals surface area contributed by atoms with E-state index in [1.54, 1.807) is 42.5 Å². The lowest BCUT2D eigenvalue weighted by molar-refractivity contribution is 0.189. The maximum Gasteiger partial charge on any atom is 0.183 e. The topological polar surface area (TPSA) is 106 Å². The monoisotopic (exact) mass is 362 g/mol. The van der Waals surface area contributed by atoms with Crippen LogP contribution in [0, 0.1) is 0 Å². The Morgan fingerprint density at radius 3 is 2.59 bits per heavy atom. The van der Waals surface area contributed by atoms with Crippen LogP contribution in [0.2, 0.25) is 0 Å². The number of hydrogen-bond acceptors (Lipinski definition) is 8. The van der Waals surface area contributed by atoms with Gasteiger partial charge in [0.1, 0.15) is 23.1 Å². The minimum absolute atomic E-state index is 0.296. The fourth-order valence-corrected chi connectivity index (χ4v) is 2.64. The molecule has 136 valence electrons. The van der Waals surface area contributed by atoms with E-state index in [0.29, 0.717) is 28.5 Å². The summed E-state index contributed by atoms with van der Waals surface area (Å²) >= 11 is 0. The van der Waals surface area contributed by atoms with E-state index in [4.69, 9.17) is 0 Å². The number of aliphatic hydroxyl groups is 1. The van der Waals surface area contributed by atoms with Crippen molar-refractivity contribution in [2.24, 2.45) is 0 Å². The van der Waals surface area contributed by atoms with Gasteiger partial charge >= 0.3 is 0 Å². The minimum atomic E-state index is -0.819. The Hall–Kier alpha value is -3.46. The first-order chi connectivity index (χ1) is 13.0. The molecule has 9 nitrogen and oxygen atoms in total. The van der Waals surface area contributed by atoms with Crippen molar-refractivity contribution in [2.45, 2.75) is 13.0 Å². The first-order valence-electron chi connectivity index (χ1n) is 8.39. The highest BCUT2D eigenvalue weighted by Crippen LogP contribution is 2.25. The smallest absolute Gasteiger partial charge is 0.183 e. The van der Waals surface area contributed by atoms with Gasteiger partial charge in [-0.25, -0.2) is 19.6 Å². The van der Waals surface area contributed by atoms with E-state index in [0.717, 1.165) is 11.3 Å². The van der Waals surface area contributed by atoms with Gasteiger partial charge in [-0.1, -0.05) is 0 Å². The largest absolute Gasteiger partial charge is 0.385 e. The number of anilines is 1. The van der Waals surface area contributed by atoms with Crippen LogP contribution >= 0.6 is 0 Å². The van der Waals surface area contributed by atoms with Crippen LogP contribution in [-0.2, 0) is 0 Å². The molecule has 1 unspecified atom stereocenters. The molecule has 0 amide bonds. The van der Waals surface area contributed by atoms with Gasteiger partial charge in [-0.3, -0.25) is 9.97 Å². The van der Waals surface area contributed by atoms with Crippen LogP contribution < -0.4 is 4.90 Å². The van der Waals surface area contributed by atoms with Crippen LogP contribution in [0.1, 0.15) is 18.9 Å². The molecule has 27 heavy (non-hydrogen) atoms. The molecule has 4 aromatic rings. The van der Waals surface area contributed by atoms with E-state index in [2.05, 4.69) is 30.0 Å². The van der Waals surface area contributed by atoms with Gasteiger partial charge in [-0.15, -0.1) is 5.10 Å². The van der Waals surface area contributed by atoms with Gasteiger partial charge < -0.3 is 10.0 Å². The van der Waals surface area contributed by atoms with Gasteiger partial charge in [-0.2, -0.15) is 0 Å². The molecule has 4 aromatic heterocycles. The van der Waals surface area contributed by atoms with E-state index in [1.165, 1.54) is 0 Å². The maximum absolute atomic E-state index is 9.98. The van der Waals surface area contributed by atoms with Crippen molar-refractivity contribution in [2.75, 3.05) is 19.0 Å². The summed E-state index contributed by atoms with van der Waals surface area (Å²) in [6.45, 7) is 1.62. The Balaban J connectivity index is 1.92. The van der Waals surface area contributed by atoms with Gasteiger partial charge in [0.05, 0.1) is 23.6 Å². The molecule has 0 saturated carbocycles. The van der Waals surface area contributed by atoms with Crippen molar-refractivity contribution in [1.82, 2.24) is 34.7 Å². The molecule has 0 fully saturated rings. The van der Waals surface area contributed by atoms with Crippen molar-refractivity contribution < 1.29 is 5.11 Å². The first kappa shape index (κ1) is 17.0. The third-order valence-corrected chi connectivity index (χ3v) is 4.03. The predicted octanol–water partition coefficient (Wildman–Crippen LogP) is 1.79. The fraction of sp³-hybridized carbons (Fsp3) is 0.222. The summed E-state index contributed by atoms with van der Waals surface area (Å²) in [7, 11) is 3.79. The van der Waals surface area contributed by atoms with Gasteiger partial charge in [0.2, 0.25) is 0 Å². The lowest BCUT2D eigenvalue weighted by Gasteiger charge is -2.11. The third kappa shape index (κ3) is 3.08. The summed E-state index contributed by atoms with van der Waals surface area (Å²) < 4.78 is 1.62. The number of pyridine rings is 2. The number of fused-ring (bicyclic) bond motifs is 1. The average molecular weight is 362 g/mol. The molecule has 0 bridgehead atoms. The highest BCUT2D eigenvalue weighted by molar-refractivity contribution is 5.83. The molecule has 0 spiro atoms. The van der Waals surface area contributed by atoms with Crippen LogP contribution in [0.25, 0.3) is 28.2 Å². The van der Waals surface area contributed by atoms with Crippen LogP contribution in [0.4, 0.5) is 5.82 Å². The van der Waals surface area contributed by atoms with Gasteiger partial charge in [0.25, 0.3) is 0 Å².